The molecule has 36 heavy (non-hydrogen) atoms. The van der Waals surface area contributed by atoms with E-state index in [0.29, 0.717) is 12.2 Å². The number of hydrogen-bond donors (Lipinski definition) is 1. The number of amides is 2. The van der Waals surface area contributed by atoms with Crippen LogP contribution in [0.1, 0.15) is 48.9 Å². The zero-order chi connectivity index (χ0) is 27.0. The monoisotopic (exact) mass is 516 g/mol. The van der Waals surface area contributed by atoms with E-state index in [1.807, 2.05) is 64.1 Å². The van der Waals surface area contributed by atoms with Crippen molar-refractivity contribution in [3.63, 3.8) is 0 Å². The molecule has 9 heteroatoms. The van der Waals surface area contributed by atoms with E-state index in [9.17, 15) is 18.0 Å². The van der Waals surface area contributed by atoms with Crippen LogP contribution < -0.4 is 9.62 Å². The molecule has 0 spiro atoms. The van der Waals surface area contributed by atoms with Crippen LogP contribution in [-0.4, -0.2) is 62.7 Å². The Morgan fingerprint density at radius 2 is 1.67 bits per heavy atom. The van der Waals surface area contributed by atoms with E-state index < -0.39 is 28.7 Å². The highest BCUT2D eigenvalue weighted by atomic mass is 32.2. The standard InChI is InChI=1S/C27H40N4O4S/c1-8-9-16-28-27(33)23(5)30(18-24-13-11-10-12-21(24)3)26(32)19-31(36(34,35)29(6)7)25-17-20(2)14-15-22(25)4/h10-15,17,23H,8-9,16,18-19H2,1-7H3,(H,28,33)/t23-/m1/s1. The van der Waals surface area contributed by atoms with Crippen LogP contribution in [0.15, 0.2) is 42.5 Å². The molecule has 198 valence electrons. The van der Waals surface area contributed by atoms with E-state index in [-0.39, 0.29) is 12.5 Å². The Bertz CT molecular complexity index is 1160. The van der Waals surface area contributed by atoms with Crippen molar-refractivity contribution in [1.29, 1.82) is 0 Å². The molecule has 0 radical (unpaired) electrons. The van der Waals surface area contributed by atoms with Crippen LogP contribution in [0.5, 0.6) is 0 Å². The van der Waals surface area contributed by atoms with Gasteiger partial charge >= 0.3 is 10.2 Å². The summed E-state index contributed by atoms with van der Waals surface area (Å²) in [4.78, 5) is 28.2. The highest BCUT2D eigenvalue weighted by Crippen LogP contribution is 2.26. The Morgan fingerprint density at radius 3 is 2.28 bits per heavy atom. The number of nitrogens with zero attached hydrogens (tertiary/aromatic N) is 3. The van der Waals surface area contributed by atoms with Gasteiger partial charge in [0, 0.05) is 27.2 Å². The van der Waals surface area contributed by atoms with Crippen molar-refractivity contribution in [3.8, 4) is 0 Å². The van der Waals surface area contributed by atoms with Gasteiger partial charge in [-0.15, -0.1) is 0 Å². The number of carbonyl (C=O) groups is 2. The minimum Gasteiger partial charge on any atom is -0.354 e. The zero-order valence-corrected chi connectivity index (χ0v) is 23.4. The average Bonchev–Trinajstić information content (AvgIpc) is 2.83. The van der Waals surface area contributed by atoms with Gasteiger partial charge in [-0.25, -0.2) is 4.31 Å². The second-order valence-corrected chi connectivity index (χ2v) is 11.4. The summed E-state index contributed by atoms with van der Waals surface area (Å²) in [6.07, 6.45) is 1.78. The third kappa shape index (κ3) is 7.30. The van der Waals surface area contributed by atoms with Gasteiger partial charge in [0.05, 0.1) is 5.69 Å². The van der Waals surface area contributed by atoms with E-state index in [2.05, 4.69) is 5.32 Å². The van der Waals surface area contributed by atoms with E-state index in [1.165, 1.54) is 19.0 Å². The van der Waals surface area contributed by atoms with Crippen molar-refractivity contribution in [2.24, 2.45) is 0 Å². The molecule has 0 aliphatic heterocycles. The van der Waals surface area contributed by atoms with E-state index in [1.54, 1.807) is 13.0 Å². The summed E-state index contributed by atoms with van der Waals surface area (Å²) in [7, 11) is -1.11. The first-order valence-corrected chi connectivity index (χ1v) is 13.7. The molecular formula is C27H40N4O4S. The number of unbranched alkanes of at least 4 members (excludes halogenated alkanes) is 1. The van der Waals surface area contributed by atoms with Crippen molar-refractivity contribution >= 4 is 27.7 Å². The quantitative estimate of drug-likeness (QED) is 0.437. The topological polar surface area (TPSA) is 90.0 Å². The van der Waals surface area contributed by atoms with Gasteiger partial charge in [-0.1, -0.05) is 49.7 Å². The number of aryl methyl sites for hydroxylation is 3. The molecule has 0 aromatic heterocycles. The van der Waals surface area contributed by atoms with Crippen LogP contribution in [0.4, 0.5) is 5.69 Å². The van der Waals surface area contributed by atoms with E-state index in [0.717, 1.165) is 43.7 Å². The van der Waals surface area contributed by atoms with Crippen LogP contribution >= 0.6 is 0 Å². The molecule has 2 amide bonds. The maximum Gasteiger partial charge on any atom is 0.304 e. The van der Waals surface area contributed by atoms with Gasteiger partial charge in [0.1, 0.15) is 12.6 Å². The van der Waals surface area contributed by atoms with Gasteiger partial charge in [-0.2, -0.15) is 12.7 Å². The Balaban J connectivity index is 2.48. The van der Waals surface area contributed by atoms with Gasteiger partial charge < -0.3 is 10.2 Å². The molecule has 0 aliphatic rings. The molecule has 1 N–H and O–H groups in total. The summed E-state index contributed by atoms with van der Waals surface area (Å²) in [5.74, 6) is -0.720. The van der Waals surface area contributed by atoms with Gasteiger partial charge in [0.25, 0.3) is 0 Å². The summed E-state index contributed by atoms with van der Waals surface area (Å²) < 4.78 is 28.9. The minimum absolute atomic E-state index is 0.191. The lowest BCUT2D eigenvalue weighted by molar-refractivity contribution is -0.139. The van der Waals surface area contributed by atoms with Crippen LogP contribution in [0.25, 0.3) is 0 Å². The van der Waals surface area contributed by atoms with Crippen LogP contribution in [0, 0.1) is 20.8 Å². The molecule has 1 atom stereocenters. The molecule has 0 unspecified atom stereocenters. The second-order valence-electron chi connectivity index (χ2n) is 9.36. The lowest BCUT2D eigenvalue weighted by Crippen LogP contribution is -2.52. The SMILES string of the molecule is CCCCNC(=O)[C@@H](C)N(Cc1ccccc1C)C(=O)CN(c1cc(C)ccc1C)S(=O)(=O)N(C)C. The molecule has 2 rings (SSSR count). The Kier molecular flexibility index (Phi) is 10.5. The van der Waals surface area contributed by atoms with Gasteiger partial charge in [0.2, 0.25) is 11.8 Å². The molecule has 8 nitrogen and oxygen atoms in total. The number of anilines is 1. The predicted octanol–water partition coefficient (Wildman–Crippen LogP) is 3.56. The highest BCUT2D eigenvalue weighted by Gasteiger charge is 2.33. The maximum absolute atomic E-state index is 13.8. The van der Waals surface area contributed by atoms with Crippen LogP contribution in [0.3, 0.4) is 0 Å². The molecule has 0 saturated heterocycles. The first kappa shape index (κ1) is 29.3. The van der Waals surface area contributed by atoms with Crippen molar-refractivity contribution in [2.75, 3.05) is 31.5 Å². The number of hydrogen-bond acceptors (Lipinski definition) is 4. The third-order valence-electron chi connectivity index (χ3n) is 6.25. The van der Waals surface area contributed by atoms with Crippen LogP contribution in [-0.2, 0) is 26.3 Å². The fourth-order valence-electron chi connectivity index (χ4n) is 3.78. The first-order chi connectivity index (χ1) is 16.9. The van der Waals surface area contributed by atoms with E-state index >= 15 is 0 Å². The average molecular weight is 517 g/mol. The largest absolute Gasteiger partial charge is 0.354 e. The normalized spacial score (nSPS) is 12.3. The van der Waals surface area contributed by atoms with Crippen molar-refractivity contribution < 1.29 is 18.0 Å². The molecule has 0 bridgehead atoms. The molecule has 0 fully saturated rings. The fourth-order valence-corrected chi connectivity index (χ4v) is 4.89. The molecule has 0 aliphatic carbocycles. The van der Waals surface area contributed by atoms with Crippen molar-refractivity contribution in [3.05, 3.63) is 64.7 Å². The molecule has 0 heterocycles. The molecular weight excluding hydrogens is 476 g/mol. The van der Waals surface area contributed by atoms with Crippen molar-refractivity contribution in [2.45, 2.75) is 60.0 Å². The zero-order valence-electron chi connectivity index (χ0n) is 22.5. The lowest BCUT2D eigenvalue weighted by atomic mass is 10.1. The summed E-state index contributed by atoms with van der Waals surface area (Å²) in [5.41, 5.74) is 3.93. The summed E-state index contributed by atoms with van der Waals surface area (Å²) in [6.45, 7) is 9.64. The summed E-state index contributed by atoms with van der Waals surface area (Å²) in [6, 6.07) is 12.4. The van der Waals surface area contributed by atoms with Crippen molar-refractivity contribution in [1.82, 2.24) is 14.5 Å². The van der Waals surface area contributed by atoms with E-state index in [4.69, 9.17) is 0 Å². The number of benzene rings is 2. The molecule has 0 saturated carbocycles. The van der Waals surface area contributed by atoms with Gasteiger partial charge in [-0.3, -0.25) is 9.59 Å². The molecule has 2 aromatic rings. The van der Waals surface area contributed by atoms with Gasteiger partial charge in [-0.05, 0) is 62.4 Å². The smallest absolute Gasteiger partial charge is 0.304 e. The summed E-state index contributed by atoms with van der Waals surface area (Å²) >= 11 is 0. The highest BCUT2D eigenvalue weighted by molar-refractivity contribution is 7.90. The van der Waals surface area contributed by atoms with Gasteiger partial charge in [0.15, 0.2) is 0 Å². The predicted molar refractivity (Wildman–Crippen MR) is 145 cm³/mol. The number of carbonyl (C=O) groups excluding carboxylic acids is 2. The first-order valence-electron chi connectivity index (χ1n) is 12.3. The Hall–Kier alpha value is -2.91. The summed E-state index contributed by atoms with van der Waals surface area (Å²) in [5, 5.41) is 2.90. The molecule has 2 aromatic carbocycles. The number of nitrogens with one attached hydrogen (secondary N) is 1. The second kappa shape index (κ2) is 12.9. The number of rotatable bonds is 12. The fraction of sp³-hybridized carbons (Fsp3) is 0.481. The minimum atomic E-state index is -3.99. The maximum atomic E-state index is 13.8. The Morgan fingerprint density at radius 1 is 1.00 bits per heavy atom. The lowest BCUT2D eigenvalue weighted by Gasteiger charge is -2.33. The third-order valence-corrected chi connectivity index (χ3v) is 8.06. The van der Waals surface area contributed by atoms with Crippen LogP contribution in [0.2, 0.25) is 0 Å². The Labute approximate surface area is 216 Å².